The number of ether oxygens (including phenoxy) is 3. The van der Waals surface area contributed by atoms with E-state index in [4.69, 9.17) is 14.2 Å². The number of hydrogen-bond donors (Lipinski definition) is 3. The second kappa shape index (κ2) is 21.0. The number of Topliss-reactive ketones (excluding diaryl/α,β-unsaturated/α-hetero) is 1. The Morgan fingerprint density at radius 1 is 0.786 bits per heavy atom. The van der Waals surface area contributed by atoms with Crippen LogP contribution in [-0.4, -0.2) is 91.7 Å². The summed E-state index contributed by atoms with van der Waals surface area (Å²) in [6, 6.07) is 21.1. The Balaban J connectivity index is 1.48. The highest BCUT2D eigenvalue weighted by Gasteiger charge is 2.51. The molecule has 1 fully saturated rings. The van der Waals surface area contributed by atoms with Crippen LogP contribution in [0.2, 0.25) is 0 Å². The lowest BCUT2D eigenvalue weighted by Crippen LogP contribution is -2.60. The van der Waals surface area contributed by atoms with Gasteiger partial charge in [0.15, 0.2) is 0 Å². The number of halogens is 2. The molecule has 3 N–H and O–H groups in total. The van der Waals surface area contributed by atoms with Crippen molar-refractivity contribution >= 4 is 23.5 Å². The van der Waals surface area contributed by atoms with Crippen LogP contribution in [0.15, 0.2) is 84.9 Å². The fourth-order valence-electron chi connectivity index (χ4n) is 6.02. The first-order valence-electron chi connectivity index (χ1n) is 19.0. The molecular formula is C42H54F2N4O8. The van der Waals surface area contributed by atoms with Crippen molar-refractivity contribution in [3.8, 4) is 5.75 Å². The van der Waals surface area contributed by atoms with Crippen molar-refractivity contribution in [2.75, 3.05) is 39.5 Å². The van der Waals surface area contributed by atoms with Crippen molar-refractivity contribution in [3.63, 3.8) is 0 Å². The van der Waals surface area contributed by atoms with Gasteiger partial charge in [0, 0.05) is 6.42 Å². The van der Waals surface area contributed by atoms with Gasteiger partial charge in [-0.1, -0.05) is 100 Å². The molecule has 1 saturated heterocycles. The predicted octanol–water partition coefficient (Wildman–Crippen LogP) is 4.73. The van der Waals surface area contributed by atoms with Gasteiger partial charge >= 0.3 is 5.92 Å². The highest BCUT2D eigenvalue weighted by Crippen LogP contribution is 2.23. The van der Waals surface area contributed by atoms with Crippen molar-refractivity contribution < 1.29 is 46.8 Å². The maximum absolute atomic E-state index is 16.0. The van der Waals surface area contributed by atoms with E-state index >= 15 is 8.78 Å². The molecule has 0 aromatic heterocycles. The molecule has 1 heterocycles. The van der Waals surface area contributed by atoms with Crippen LogP contribution in [0.3, 0.4) is 0 Å². The molecule has 12 nitrogen and oxygen atoms in total. The first-order valence-corrected chi connectivity index (χ1v) is 19.0. The van der Waals surface area contributed by atoms with Gasteiger partial charge in [-0.3, -0.25) is 19.2 Å². The molecule has 3 aromatic rings. The summed E-state index contributed by atoms with van der Waals surface area (Å²) in [5.74, 6) is -10.0. The molecule has 0 radical (unpaired) electrons. The minimum absolute atomic E-state index is 0.0240. The Kier molecular flexibility index (Phi) is 16.5. The van der Waals surface area contributed by atoms with E-state index in [9.17, 15) is 24.4 Å². The van der Waals surface area contributed by atoms with Crippen LogP contribution < -0.4 is 20.7 Å². The molecule has 3 unspecified atom stereocenters. The van der Waals surface area contributed by atoms with E-state index in [0.717, 1.165) is 11.1 Å². The number of morpholine rings is 1. The molecule has 4 rings (SSSR count). The first kappa shape index (κ1) is 44.0. The van der Waals surface area contributed by atoms with E-state index in [0.29, 0.717) is 17.9 Å². The lowest BCUT2D eigenvalue weighted by atomic mass is 9.95. The molecule has 3 aromatic carbocycles. The monoisotopic (exact) mass is 780 g/mol. The van der Waals surface area contributed by atoms with Gasteiger partial charge in [-0.05, 0) is 40.7 Å². The van der Waals surface area contributed by atoms with Gasteiger partial charge in [0.05, 0.1) is 51.5 Å². The third-order valence-corrected chi connectivity index (χ3v) is 9.67. The van der Waals surface area contributed by atoms with E-state index in [2.05, 4.69) is 16.0 Å². The number of nitrogens with one attached hydrogen (secondary N) is 3. The molecule has 0 aliphatic carbocycles. The number of alkyl halides is 2. The van der Waals surface area contributed by atoms with Crippen LogP contribution in [0.5, 0.6) is 5.75 Å². The van der Waals surface area contributed by atoms with Crippen LogP contribution in [0.25, 0.3) is 0 Å². The number of hydrogen-bond acceptors (Lipinski definition) is 8. The van der Waals surface area contributed by atoms with E-state index in [1.54, 1.807) is 52.0 Å². The molecule has 1 aliphatic heterocycles. The van der Waals surface area contributed by atoms with Gasteiger partial charge in [0.1, 0.15) is 31.5 Å². The van der Waals surface area contributed by atoms with E-state index in [1.165, 1.54) is 0 Å². The van der Waals surface area contributed by atoms with Crippen LogP contribution in [0.1, 0.15) is 50.8 Å². The lowest BCUT2D eigenvalue weighted by molar-refractivity contribution is -0.888. The quantitative estimate of drug-likeness (QED) is 0.0797. The lowest BCUT2D eigenvalue weighted by Gasteiger charge is -2.45. The Morgan fingerprint density at radius 2 is 1.38 bits per heavy atom. The maximum atomic E-state index is 16.0. The van der Waals surface area contributed by atoms with Crippen LogP contribution in [0.4, 0.5) is 8.78 Å². The van der Waals surface area contributed by atoms with Gasteiger partial charge in [-0.15, -0.1) is 0 Å². The Hall–Kier alpha value is -4.76. The number of carbonyl (C=O) groups is 4. The smallest absolute Gasteiger partial charge is 0.383 e. The third kappa shape index (κ3) is 13.5. The summed E-state index contributed by atoms with van der Waals surface area (Å²) in [5.41, 5.74) is 2.20. The SMILES string of the molecule is CC(C)C(COCc1ccccc1)NC(=O)C(F)(F)C(=O)C(Cc1ccc(OCc2ccccc2)cc1)NC(=O)C(NC(=O)CC[N+]1([O-])CCOCC1)C(C)C. The van der Waals surface area contributed by atoms with Crippen molar-refractivity contribution in [3.05, 3.63) is 107 Å². The summed E-state index contributed by atoms with van der Waals surface area (Å²) in [6.45, 7) is 8.09. The summed E-state index contributed by atoms with van der Waals surface area (Å²) in [5, 5.41) is 20.2. The maximum Gasteiger partial charge on any atom is 0.383 e. The number of amides is 3. The number of carbonyl (C=O) groups excluding carboxylic acids is 4. The van der Waals surface area contributed by atoms with Gasteiger partial charge in [0.2, 0.25) is 17.6 Å². The summed E-state index contributed by atoms with van der Waals surface area (Å²) < 4.78 is 48.1. The predicted molar refractivity (Wildman–Crippen MR) is 206 cm³/mol. The van der Waals surface area contributed by atoms with Gasteiger partial charge < -0.3 is 40.0 Å². The highest BCUT2D eigenvalue weighted by atomic mass is 19.3. The summed E-state index contributed by atoms with van der Waals surface area (Å²) >= 11 is 0. The van der Waals surface area contributed by atoms with Crippen molar-refractivity contribution in [1.29, 1.82) is 0 Å². The van der Waals surface area contributed by atoms with Gasteiger partial charge in [-0.25, -0.2) is 0 Å². The number of quaternary nitrogens is 1. The molecule has 3 amide bonds. The minimum atomic E-state index is -4.55. The molecule has 0 bridgehead atoms. The summed E-state index contributed by atoms with van der Waals surface area (Å²) in [4.78, 5) is 53.6. The number of ketones is 1. The normalized spacial score (nSPS) is 15.7. The Morgan fingerprint density at radius 3 is 1.95 bits per heavy atom. The second-order valence-corrected chi connectivity index (χ2v) is 14.8. The van der Waals surface area contributed by atoms with Crippen molar-refractivity contribution in [2.45, 2.75) is 77.8 Å². The topological polar surface area (TPSA) is 155 Å². The summed E-state index contributed by atoms with van der Waals surface area (Å²) in [6.07, 6.45) is -0.567. The standard InChI is InChI=1S/C42H54F2N4O8/c1-29(2)36(28-55-26-32-11-7-5-8-12-32)46-41(52)42(43,44)39(50)35(25-31-15-17-34(18-16-31)56-27-33-13-9-6-10-14-33)45-40(51)38(30(3)4)47-37(49)19-20-48(53)21-23-54-24-22-48/h5-18,29-30,35-36,38H,19-28H2,1-4H3,(H,45,51)(H,46,52)(H,47,49). The Labute approximate surface area is 327 Å². The van der Waals surface area contributed by atoms with E-state index < -0.39 is 64.5 Å². The van der Waals surface area contributed by atoms with E-state index in [1.807, 2.05) is 60.7 Å². The van der Waals surface area contributed by atoms with Gasteiger partial charge in [0.25, 0.3) is 5.91 Å². The number of nitrogens with zero attached hydrogens (tertiary/aromatic N) is 1. The highest BCUT2D eigenvalue weighted by molar-refractivity contribution is 6.10. The second-order valence-electron chi connectivity index (χ2n) is 14.8. The van der Waals surface area contributed by atoms with Gasteiger partial charge in [-0.2, -0.15) is 8.78 Å². The average molecular weight is 781 g/mol. The third-order valence-electron chi connectivity index (χ3n) is 9.67. The molecule has 56 heavy (non-hydrogen) atoms. The van der Waals surface area contributed by atoms with Crippen molar-refractivity contribution in [1.82, 2.24) is 16.0 Å². The molecular weight excluding hydrogens is 726 g/mol. The molecule has 0 spiro atoms. The number of rotatable bonds is 21. The fourth-order valence-corrected chi connectivity index (χ4v) is 6.02. The van der Waals surface area contributed by atoms with Crippen molar-refractivity contribution in [2.24, 2.45) is 11.8 Å². The zero-order valence-electron chi connectivity index (χ0n) is 32.5. The first-order chi connectivity index (χ1) is 26.7. The number of hydroxylamine groups is 3. The number of benzene rings is 3. The molecule has 14 heteroatoms. The summed E-state index contributed by atoms with van der Waals surface area (Å²) in [7, 11) is 0. The molecule has 1 aliphatic rings. The zero-order chi connectivity index (χ0) is 40.7. The van der Waals surface area contributed by atoms with Crippen LogP contribution >= 0.6 is 0 Å². The fraction of sp³-hybridized carbons (Fsp3) is 0.476. The minimum Gasteiger partial charge on any atom is -0.633 e. The molecule has 304 valence electrons. The van der Waals surface area contributed by atoms with Crippen LogP contribution in [-0.2, 0) is 48.3 Å². The average Bonchev–Trinajstić information content (AvgIpc) is 3.18. The molecule has 3 atom stereocenters. The Bertz CT molecular complexity index is 1700. The van der Waals surface area contributed by atoms with E-state index in [-0.39, 0.29) is 58.4 Å². The van der Waals surface area contributed by atoms with Crippen LogP contribution in [0, 0.1) is 17.0 Å². The zero-order valence-corrected chi connectivity index (χ0v) is 32.5. The largest absolute Gasteiger partial charge is 0.633 e. The molecule has 0 saturated carbocycles.